The molecule has 0 aliphatic rings. The van der Waals surface area contributed by atoms with Gasteiger partial charge in [-0.1, -0.05) is 0 Å². The van der Waals surface area contributed by atoms with Crippen molar-refractivity contribution in [1.82, 2.24) is 14.8 Å². The number of carbonyl (C=O) groups is 1. The molecular formula is C10H12N6O. The number of hydrogen-bond donors (Lipinski definition) is 3. The summed E-state index contributed by atoms with van der Waals surface area (Å²) in [4.78, 5) is 15.8. The van der Waals surface area contributed by atoms with Crippen LogP contribution in [0.15, 0.2) is 30.9 Å². The van der Waals surface area contributed by atoms with Crippen molar-refractivity contribution in [3.63, 3.8) is 0 Å². The number of pyridine rings is 1. The molecule has 7 nitrogen and oxygen atoms in total. The number of anilines is 2. The second-order valence-corrected chi connectivity index (χ2v) is 3.42. The highest BCUT2D eigenvalue weighted by atomic mass is 16.1. The van der Waals surface area contributed by atoms with Crippen LogP contribution in [0.3, 0.4) is 0 Å². The van der Waals surface area contributed by atoms with Crippen molar-refractivity contribution in [3.05, 3.63) is 36.4 Å². The molecule has 0 saturated heterocycles. The van der Waals surface area contributed by atoms with E-state index in [1.54, 1.807) is 30.2 Å². The summed E-state index contributed by atoms with van der Waals surface area (Å²) in [5, 5.41) is 6.66. The SMILES string of the molecule is Cn1cc(NC(=O)c2ccncc2NN)cn1. The van der Waals surface area contributed by atoms with Crippen LogP contribution < -0.4 is 16.6 Å². The summed E-state index contributed by atoms with van der Waals surface area (Å²) >= 11 is 0. The Labute approximate surface area is 97.6 Å². The molecule has 0 radical (unpaired) electrons. The normalized spacial score (nSPS) is 10.0. The summed E-state index contributed by atoms with van der Waals surface area (Å²) in [6, 6.07) is 1.58. The lowest BCUT2D eigenvalue weighted by atomic mass is 10.2. The first-order chi connectivity index (χ1) is 8.20. The summed E-state index contributed by atoms with van der Waals surface area (Å²) in [7, 11) is 1.77. The predicted molar refractivity (Wildman–Crippen MR) is 63.2 cm³/mol. The molecule has 0 aliphatic heterocycles. The number of nitrogens with zero attached hydrogens (tertiary/aromatic N) is 3. The highest BCUT2D eigenvalue weighted by Gasteiger charge is 2.11. The number of nitrogens with one attached hydrogen (secondary N) is 2. The van der Waals surface area contributed by atoms with Crippen LogP contribution in [0.5, 0.6) is 0 Å². The third kappa shape index (κ3) is 2.40. The molecule has 4 N–H and O–H groups in total. The lowest BCUT2D eigenvalue weighted by Gasteiger charge is -2.07. The van der Waals surface area contributed by atoms with Crippen molar-refractivity contribution in [2.45, 2.75) is 0 Å². The van der Waals surface area contributed by atoms with E-state index >= 15 is 0 Å². The standard InChI is InChI=1S/C10H12N6O/c1-16-6-7(4-13-16)14-10(17)8-2-3-12-5-9(8)15-11/h2-6,15H,11H2,1H3,(H,14,17). The maximum Gasteiger partial charge on any atom is 0.258 e. The van der Waals surface area contributed by atoms with E-state index < -0.39 is 0 Å². The Balaban J connectivity index is 2.20. The fourth-order valence-electron chi connectivity index (χ4n) is 1.39. The number of hydrogen-bond acceptors (Lipinski definition) is 5. The highest BCUT2D eigenvalue weighted by Crippen LogP contribution is 2.14. The van der Waals surface area contributed by atoms with E-state index in [9.17, 15) is 4.79 Å². The zero-order chi connectivity index (χ0) is 12.3. The molecule has 2 heterocycles. The fourth-order valence-corrected chi connectivity index (χ4v) is 1.39. The number of aryl methyl sites for hydroxylation is 1. The Hall–Kier alpha value is -2.41. The van der Waals surface area contributed by atoms with Crippen LogP contribution in [-0.4, -0.2) is 20.7 Å². The lowest BCUT2D eigenvalue weighted by molar-refractivity contribution is 0.102. The minimum absolute atomic E-state index is 0.270. The molecule has 2 aromatic rings. The smallest absolute Gasteiger partial charge is 0.258 e. The lowest BCUT2D eigenvalue weighted by Crippen LogP contribution is -2.17. The van der Waals surface area contributed by atoms with Gasteiger partial charge in [0.2, 0.25) is 0 Å². The Morgan fingerprint density at radius 2 is 2.29 bits per heavy atom. The van der Waals surface area contributed by atoms with Gasteiger partial charge in [0.1, 0.15) is 0 Å². The molecule has 1 amide bonds. The molecule has 0 saturated carbocycles. The van der Waals surface area contributed by atoms with Crippen LogP contribution in [0.1, 0.15) is 10.4 Å². The molecule has 0 aromatic carbocycles. The van der Waals surface area contributed by atoms with Crippen LogP contribution in [0.2, 0.25) is 0 Å². The molecule has 7 heteroatoms. The average molecular weight is 232 g/mol. The molecule has 0 fully saturated rings. The number of nitrogens with two attached hydrogens (primary N) is 1. The molecule has 0 atom stereocenters. The second kappa shape index (κ2) is 4.62. The van der Waals surface area contributed by atoms with E-state index in [2.05, 4.69) is 20.8 Å². The van der Waals surface area contributed by atoms with E-state index in [0.717, 1.165) is 0 Å². The number of aromatic nitrogens is 3. The summed E-state index contributed by atoms with van der Waals surface area (Å²) in [5.41, 5.74) is 3.93. The molecular weight excluding hydrogens is 220 g/mol. The molecule has 2 rings (SSSR count). The average Bonchev–Trinajstić information content (AvgIpc) is 2.74. The fraction of sp³-hybridized carbons (Fsp3) is 0.100. The third-order valence-corrected chi connectivity index (χ3v) is 2.18. The van der Waals surface area contributed by atoms with Gasteiger partial charge in [-0.25, -0.2) is 0 Å². The number of carbonyl (C=O) groups excluding carboxylic acids is 1. The van der Waals surface area contributed by atoms with Gasteiger partial charge in [0, 0.05) is 19.4 Å². The molecule has 0 spiro atoms. The Morgan fingerprint density at radius 3 is 2.94 bits per heavy atom. The largest absolute Gasteiger partial charge is 0.322 e. The number of hydrazine groups is 1. The molecule has 88 valence electrons. The van der Waals surface area contributed by atoms with Gasteiger partial charge in [-0.3, -0.25) is 20.3 Å². The quantitative estimate of drug-likeness (QED) is 0.524. The van der Waals surface area contributed by atoms with Gasteiger partial charge in [-0.05, 0) is 6.07 Å². The van der Waals surface area contributed by atoms with Gasteiger partial charge in [0.25, 0.3) is 5.91 Å². The molecule has 17 heavy (non-hydrogen) atoms. The molecule has 0 bridgehead atoms. The zero-order valence-electron chi connectivity index (χ0n) is 9.21. The van der Waals surface area contributed by atoms with E-state index in [1.807, 2.05) is 0 Å². The Morgan fingerprint density at radius 1 is 1.47 bits per heavy atom. The first-order valence-corrected chi connectivity index (χ1v) is 4.91. The topological polar surface area (TPSA) is 97.9 Å². The van der Waals surface area contributed by atoms with Crippen LogP contribution in [0.4, 0.5) is 11.4 Å². The Kier molecular flexibility index (Phi) is 3.01. The van der Waals surface area contributed by atoms with Crippen molar-refractivity contribution < 1.29 is 4.79 Å². The molecule has 2 aromatic heterocycles. The minimum Gasteiger partial charge on any atom is -0.322 e. The van der Waals surface area contributed by atoms with Crippen molar-refractivity contribution in [3.8, 4) is 0 Å². The van der Waals surface area contributed by atoms with Crippen LogP contribution in [-0.2, 0) is 7.05 Å². The molecule has 0 aliphatic carbocycles. The van der Waals surface area contributed by atoms with E-state index in [1.165, 1.54) is 12.4 Å². The van der Waals surface area contributed by atoms with Crippen LogP contribution in [0.25, 0.3) is 0 Å². The maximum atomic E-state index is 11.9. The predicted octanol–water partition coefficient (Wildman–Crippen LogP) is 0.353. The van der Waals surface area contributed by atoms with Gasteiger partial charge >= 0.3 is 0 Å². The van der Waals surface area contributed by atoms with Crippen molar-refractivity contribution in [1.29, 1.82) is 0 Å². The monoisotopic (exact) mass is 232 g/mol. The van der Waals surface area contributed by atoms with Crippen molar-refractivity contribution in [2.24, 2.45) is 12.9 Å². The zero-order valence-corrected chi connectivity index (χ0v) is 9.21. The number of nitrogen functional groups attached to an aromatic ring is 1. The highest BCUT2D eigenvalue weighted by molar-refractivity contribution is 6.07. The van der Waals surface area contributed by atoms with Crippen molar-refractivity contribution >= 4 is 17.3 Å². The third-order valence-electron chi connectivity index (χ3n) is 2.18. The number of amides is 1. The van der Waals surface area contributed by atoms with Gasteiger partial charge in [-0.2, -0.15) is 5.10 Å². The summed E-state index contributed by atoms with van der Waals surface area (Å²) in [5.74, 6) is 5.03. The van der Waals surface area contributed by atoms with E-state index in [0.29, 0.717) is 16.9 Å². The van der Waals surface area contributed by atoms with Crippen LogP contribution in [0, 0.1) is 0 Å². The van der Waals surface area contributed by atoms with Gasteiger partial charge in [0.05, 0.1) is 29.3 Å². The number of rotatable bonds is 3. The summed E-state index contributed by atoms with van der Waals surface area (Å²) < 4.78 is 1.60. The van der Waals surface area contributed by atoms with Gasteiger partial charge < -0.3 is 10.7 Å². The first kappa shape index (κ1) is 11.1. The maximum absolute atomic E-state index is 11.9. The van der Waals surface area contributed by atoms with Crippen LogP contribution >= 0.6 is 0 Å². The van der Waals surface area contributed by atoms with Gasteiger partial charge in [-0.15, -0.1) is 0 Å². The first-order valence-electron chi connectivity index (χ1n) is 4.91. The second-order valence-electron chi connectivity index (χ2n) is 3.42. The molecule has 0 unspecified atom stereocenters. The van der Waals surface area contributed by atoms with E-state index in [-0.39, 0.29) is 5.91 Å². The minimum atomic E-state index is -0.270. The summed E-state index contributed by atoms with van der Waals surface area (Å²) in [6.07, 6.45) is 6.28. The Bertz CT molecular complexity index is 535. The van der Waals surface area contributed by atoms with Crippen molar-refractivity contribution in [2.75, 3.05) is 10.7 Å². The van der Waals surface area contributed by atoms with E-state index in [4.69, 9.17) is 5.84 Å². The van der Waals surface area contributed by atoms with Gasteiger partial charge in [0.15, 0.2) is 0 Å². The summed E-state index contributed by atoms with van der Waals surface area (Å²) in [6.45, 7) is 0.